The zero-order valence-electron chi connectivity index (χ0n) is 10.3. The number of benzene rings is 1. The SMILES string of the molecule is CCC(=O)NNC(=S)Nc1ccc(C)cc1C. The molecule has 1 amide bonds. The van der Waals surface area contributed by atoms with Gasteiger partial charge in [-0.15, -0.1) is 0 Å². The lowest BCUT2D eigenvalue weighted by Gasteiger charge is -2.13. The molecule has 4 nitrogen and oxygen atoms in total. The van der Waals surface area contributed by atoms with Crippen LogP contribution in [0.25, 0.3) is 0 Å². The third kappa shape index (κ3) is 4.40. The van der Waals surface area contributed by atoms with Crippen molar-refractivity contribution in [2.24, 2.45) is 0 Å². The van der Waals surface area contributed by atoms with E-state index in [0.717, 1.165) is 11.3 Å². The third-order valence-electron chi connectivity index (χ3n) is 2.27. The highest BCUT2D eigenvalue weighted by Crippen LogP contribution is 2.15. The van der Waals surface area contributed by atoms with Crippen LogP contribution >= 0.6 is 12.2 Å². The van der Waals surface area contributed by atoms with Crippen molar-refractivity contribution in [1.82, 2.24) is 10.9 Å². The van der Waals surface area contributed by atoms with Gasteiger partial charge in [-0.3, -0.25) is 15.6 Å². The van der Waals surface area contributed by atoms with Crippen LogP contribution in [0.2, 0.25) is 0 Å². The minimum Gasteiger partial charge on any atom is -0.331 e. The van der Waals surface area contributed by atoms with E-state index in [2.05, 4.69) is 22.2 Å². The number of aryl methyl sites for hydroxylation is 2. The van der Waals surface area contributed by atoms with Crippen LogP contribution in [0, 0.1) is 13.8 Å². The molecule has 0 spiro atoms. The molecule has 3 N–H and O–H groups in total. The number of thiocarbonyl (C=S) groups is 1. The quantitative estimate of drug-likeness (QED) is 0.556. The van der Waals surface area contributed by atoms with E-state index in [1.807, 2.05) is 26.0 Å². The van der Waals surface area contributed by atoms with Crippen molar-refractivity contribution < 1.29 is 4.79 Å². The van der Waals surface area contributed by atoms with Crippen LogP contribution in [0.3, 0.4) is 0 Å². The van der Waals surface area contributed by atoms with E-state index < -0.39 is 0 Å². The molecule has 5 heteroatoms. The highest BCUT2D eigenvalue weighted by molar-refractivity contribution is 7.80. The van der Waals surface area contributed by atoms with Crippen LogP contribution in [0.5, 0.6) is 0 Å². The number of hydrogen-bond donors (Lipinski definition) is 3. The molecule has 92 valence electrons. The average Bonchev–Trinajstić information content (AvgIpc) is 2.29. The molecule has 0 saturated carbocycles. The molecule has 0 aliphatic carbocycles. The normalized spacial score (nSPS) is 9.59. The molecule has 0 aliphatic heterocycles. The number of nitrogens with one attached hydrogen (secondary N) is 3. The summed E-state index contributed by atoms with van der Waals surface area (Å²) < 4.78 is 0. The molecule has 1 aromatic carbocycles. The largest absolute Gasteiger partial charge is 0.331 e. The lowest BCUT2D eigenvalue weighted by atomic mass is 10.1. The van der Waals surface area contributed by atoms with Crippen LogP contribution in [0.1, 0.15) is 24.5 Å². The van der Waals surface area contributed by atoms with E-state index in [-0.39, 0.29) is 5.91 Å². The van der Waals surface area contributed by atoms with E-state index in [9.17, 15) is 4.79 Å². The van der Waals surface area contributed by atoms with E-state index in [1.54, 1.807) is 6.92 Å². The summed E-state index contributed by atoms with van der Waals surface area (Å²) in [5.74, 6) is -0.102. The average molecular weight is 251 g/mol. The standard InChI is InChI=1S/C12H17N3OS/c1-4-11(16)14-15-12(17)13-10-6-5-8(2)7-9(10)3/h5-7H,4H2,1-3H3,(H,14,16)(H2,13,15,17). The van der Waals surface area contributed by atoms with Crippen molar-refractivity contribution in [2.45, 2.75) is 27.2 Å². The minimum absolute atomic E-state index is 0.102. The summed E-state index contributed by atoms with van der Waals surface area (Å²) in [6.45, 7) is 5.81. The molecule has 0 saturated heterocycles. The number of hydrogen-bond acceptors (Lipinski definition) is 2. The Balaban J connectivity index is 2.53. The summed E-state index contributed by atoms with van der Waals surface area (Å²) in [5, 5.41) is 3.40. The van der Waals surface area contributed by atoms with Crippen molar-refractivity contribution in [3.05, 3.63) is 29.3 Å². The Kier molecular flexibility index (Phi) is 4.90. The van der Waals surface area contributed by atoms with Crippen LogP contribution in [0.4, 0.5) is 5.69 Å². The van der Waals surface area contributed by atoms with Crippen LogP contribution in [0.15, 0.2) is 18.2 Å². The molecule has 0 atom stereocenters. The molecule has 0 aromatic heterocycles. The second-order valence-electron chi connectivity index (χ2n) is 3.80. The summed E-state index contributed by atoms with van der Waals surface area (Å²) in [6, 6.07) is 6.03. The van der Waals surface area contributed by atoms with Crippen molar-refractivity contribution in [3.63, 3.8) is 0 Å². The maximum atomic E-state index is 11.0. The molecule has 0 aliphatic rings. The van der Waals surface area contributed by atoms with E-state index in [0.29, 0.717) is 11.5 Å². The first kappa shape index (κ1) is 13.4. The number of carbonyl (C=O) groups excluding carboxylic acids is 1. The molecule has 0 heterocycles. The van der Waals surface area contributed by atoms with Gasteiger partial charge in [-0.1, -0.05) is 24.6 Å². The topological polar surface area (TPSA) is 53.2 Å². The van der Waals surface area contributed by atoms with Gasteiger partial charge >= 0.3 is 0 Å². The van der Waals surface area contributed by atoms with Crippen LogP contribution < -0.4 is 16.2 Å². The summed E-state index contributed by atoms with van der Waals surface area (Å²) in [6.07, 6.45) is 0.416. The minimum atomic E-state index is -0.102. The first-order chi connectivity index (χ1) is 8.02. The highest BCUT2D eigenvalue weighted by Gasteiger charge is 2.02. The van der Waals surface area contributed by atoms with E-state index in [1.165, 1.54) is 5.56 Å². The fourth-order valence-electron chi connectivity index (χ4n) is 1.32. The Bertz CT molecular complexity index is 432. The van der Waals surface area contributed by atoms with Gasteiger partial charge in [-0.05, 0) is 37.7 Å². The number of carbonyl (C=O) groups is 1. The van der Waals surface area contributed by atoms with Crippen LogP contribution in [-0.2, 0) is 4.79 Å². The van der Waals surface area contributed by atoms with E-state index >= 15 is 0 Å². The molecule has 1 rings (SSSR count). The first-order valence-electron chi connectivity index (χ1n) is 5.46. The van der Waals surface area contributed by atoms with Crippen molar-refractivity contribution in [2.75, 3.05) is 5.32 Å². The lowest BCUT2D eigenvalue weighted by Crippen LogP contribution is -2.43. The van der Waals surface area contributed by atoms with Gasteiger partial charge in [0.15, 0.2) is 5.11 Å². The smallest absolute Gasteiger partial charge is 0.238 e. The zero-order valence-corrected chi connectivity index (χ0v) is 11.1. The van der Waals surface area contributed by atoms with Gasteiger partial charge in [-0.25, -0.2) is 0 Å². The van der Waals surface area contributed by atoms with Crippen LogP contribution in [-0.4, -0.2) is 11.0 Å². The van der Waals surface area contributed by atoms with Gasteiger partial charge in [0.25, 0.3) is 0 Å². The highest BCUT2D eigenvalue weighted by atomic mass is 32.1. The third-order valence-corrected chi connectivity index (χ3v) is 2.47. The molecular weight excluding hydrogens is 234 g/mol. The molecule has 1 aromatic rings. The summed E-state index contributed by atoms with van der Waals surface area (Å²) >= 11 is 5.06. The van der Waals surface area contributed by atoms with Crippen molar-refractivity contribution in [3.8, 4) is 0 Å². The van der Waals surface area contributed by atoms with Gasteiger partial charge in [0, 0.05) is 12.1 Å². The molecular formula is C12H17N3OS. The van der Waals surface area contributed by atoms with Gasteiger partial charge in [0.2, 0.25) is 5.91 Å². The molecule has 0 unspecified atom stereocenters. The fraction of sp³-hybridized carbons (Fsp3) is 0.333. The predicted octanol–water partition coefficient (Wildman–Crippen LogP) is 2.03. The fourth-order valence-corrected chi connectivity index (χ4v) is 1.48. The van der Waals surface area contributed by atoms with Gasteiger partial charge in [0.1, 0.15) is 0 Å². The van der Waals surface area contributed by atoms with Crippen molar-refractivity contribution >= 4 is 28.9 Å². The Morgan fingerprint density at radius 1 is 1.29 bits per heavy atom. The summed E-state index contributed by atoms with van der Waals surface area (Å²) in [4.78, 5) is 11.0. The molecule has 0 radical (unpaired) electrons. The number of rotatable bonds is 2. The monoisotopic (exact) mass is 251 g/mol. The van der Waals surface area contributed by atoms with E-state index in [4.69, 9.17) is 12.2 Å². The number of hydrazine groups is 1. The maximum absolute atomic E-state index is 11.0. The Morgan fingerprint density at radius 3 is 2.59 bits per heavy atom. The Labute approximate surface area is 107 Å². The Morgan fingerprint density at radius 2 is 2.00 bits per heavy atom. The number of amides is 1. The maximum Gasteiger partial charge on any atom is 0.238 e. The molecule has 0 fully saturated rings. The van der Waals surface area contributed by atoms with Gasteiger partial charge in [0.05, 0.1) is 0 Å². The number of anilines is 1. The Hall–Kier alpha value is -1.62. The van der Waals surface area contributed by atoms with Gasteiger partial charge < -0.3 is 5.32 Å². The summed E-state index contributed by atoms with van der Waals surface area (Å²) in [5.41, 5.74) is 8.37. The zero-order chi connectivity index (χ0) is 12.8. The second-order valence-corrected chi connectivity index (χ2v) is 4.21. The van der Waals surface area contributed by atoms with Crippen molar-refractivity contribution in [1.29, 1.82) is 0 Å². The predicted molar refractivity (Wildman–Crippen MR) is 73.7 cm³/mol. The first-order valence-corrected chi connectivity index (χ1v) is 5.87. The van der Waals surface area contributed by atoms with Gasteiger partial charge in [-0.2, -0.15) is 0 Å². The summed E-state index contributed by atoms with van der Waals surface area (Å²) in [7, 11) is 0. The lowest BCUT2D eigenvalue weighted by molar-refractivity contribution is -0.121. The molecule has 17 heavy (non-hydrogen) atoms. The second kappa shape index (κ2) is 6.20. The molecule has 0 bridgehead atoms.